The molecule has 0 radical (unpaired) electrons. The van der Waals surface area contributed by atoms with Gasteiger partial charge in [0, 0.05) is 7.05 Å². The van der Waals surface area contributed by atoms with Gasteiger partial charge in [0.25, 0.3) is 6.43 Å². The van der Waals surface area contributed by atoms with Crippen LogP contribution in [0.3, 0.4) is 0 Å². The monoisotopic (exact) mass is 251 g/mol. The van der Waals surface area contributed by atoms with E-state index in [1.54, 1.807) is 0 Å². The minimum Gasteiger partial charge on any atom is -0.478 e. The fraction of sp³-hybridized carbons (Fsp3) is 0.300. The van der Waals surface area contributed by atoms with Crippen molar-refractivity contribution < 1.29 is 27.5 Å². The lowest BCUT2D eigenvalue weighted by molar-refractivity contribution is 0.0690. The van der Waals surface area contributed by atoms with Gasteiger partial charge in [0.1, 0.15) is 0 Å². The Kier molecular flexibility index (Phi) is 3.93. The van der Waals surface area contributed by atoms with E-state index < -0.39 is 41.8 Å². The summed E-state index contributed by atoms with van der Waals surface area (Å²) in [6.45, 7) is -0.775. The molecule has 0 atom stereocenters. The smallest absolute Gasteiger partial charge is 0.338 e. The molecule has 7 heteroatoms. The molecule has 0 bridgehead atoms. The van der Waals surface area contributed by atoms with Crippen molar-refractivity contribution in [3.8, 4) is 0 Å². The summed E-state index contributed by atoms with van der Waals surface area (Å²) in [4.78, 5) is 11.3. The molecule has 1 N–H and O–H groups in total. The molecule has 0 aromatic heterocycles. The van der Waals surface area contributed by atoms with Crippen molar-refractivity contribution in [3.63, 3.8) is 0 Å². The summed E-state index contributed by atoms with van der Waals surface area (Å²) in [5.74, 6) is -4.63. The van der Waals surface area contributed by atoms with Crippen LogP contribution < -0.4 is 4.90 Å². The van der Waals surface area contributed by atoms with Crippen LogP contribution in [0.4, 0.5) is 23.2 Å². The molecule has 0 aliphatic rings. The number of aromatic carboxylic acids is 1. The summed E-state index contributed by atoms with van der Waals surface area (Å²) in [6, 6.07) is 1.78. The molecule has 3 nitrogen and oxygen atoms in total. The van der Waals surface area contributed by atoms with E-state index in [1.807, 2.05) is 0 Å². The predicted molar refractivity (Wildman–Crippen MR) is 52.6 cm³/mol. The van der Waals surface area contributed by atoms with Crippen LogP contribution in [-0.2, 0) is 0 Å². The molecule has 0 fully saturated rings. The van der Waals surface area contributed by atoms with E-state index in [-0.39, 0.29) is 0 Å². The molecular weight excluding hydrogens is 242 g/mol. The largest absolute Gasteiger partial charge is 0.478 e. The van der Waals surface area contributed by atoms with Gasteiger partial charge in [-0.15, -0.1) is 0 Å². The Bertz CT molecular complexity index is 437. The number of rotatable bonds is 4. The van der Waals surface area contributed by atoms with E-state index in [4.69, 9.17) is 5.11 Å². The zero-order chi connectivity index (χ0) is 13.2. The molecule has 0 aliphatic heterocycles. The van der Waals surface area contributed by atoms with Crippen molar-refractivity contribution in [1.82, 2.24) is 0 Å². The van der Waals surface area contributed by atoms with Crippen LogP contribution in [0.5, 0.6) is 0 Å². The molecule has 0 unspecified atom stereocenters. The topological polar surface area (TPSA) is 40.5 Å². The average Bonchev–Trinajstić information content (AvgIpc) is 2.20. The normalized spacial score (nSPS) is 10.7. The number of hydrogen-bond donors (Lipinski definition) is 1. The maximum Gasteiger partial charge on any atom is 0.338 e. The minimum atomic E-state index is -2.71. The van der Waals surface area contributed by atoms with Crippen LogP contribution in [0.1, 0.15) is 10.4 Å². The van der Waals surface area contributed by atoms with Gasteiger partial charge in [0.15, 0.2) is 11.6 Å². The minimum absolute atomic E-state index is 0.409. The highest BCUT2D eigenvalue weighted by Gasteiger charge is 2.20. The Hall–Kier alpha value is -1.79. The number of benzene rings is 1. The molecule has 0 heterocycles. The molecule has 1 rings (SSSR count). The van der Waals surface area contributed by atoms with E-state index in [0.29, 0.717) is 0 Å². The molecule has 94 valence electrons. The summed E-state index contributed by atoms with van der Waals surface area (Å²) in [6.07, 6.45) is -2.71. The van der Waals surface area contributed by atoms with E-state index in [1.165, 1.54) is 0 Å². The van der Waals surface area contributed by atoms with Gasteiger partial charge >= 0.3 is 5.97 Å². The van der Waals surface area contributed by atoms with Crippen molar-refractivity contribution in [2.75, 3.05) is 18.5 Å². The van der Waals surface area contributed by atoms with Crippen LogP contribution in [0.15, 0.2) is 12.1 Å². The summed E-state index contributed by atoms with van der Waals surface area (Å²) in [7, 11) is 1.16. The molecule has 0 saturated carbocycles. The molecule has 0 saturated heterocycles. The second kappa shape index (κ2) is 5.03. The number of nitrogens with zero attached hydrogens (tertiary/aromatic N) is 1. The highest BCUT2D eigenvalue weighted by molar-refractivity contribution is 5.88. The van der Waals surface area contributed by atoms with Gasteiger partial charge in [-0.1, -0.05) is 0 Å². The molecular formula is C10H9F4NO2. The van der Waals surface area contributed by atoms with E-state index in [2.05, 4.69) is 0 Å². The van der Waals surface area contributed by atoms with Crippen molar-refractivity contribution in [1.29, 1.82) is 0 Å². The summed E-state index contributed by atoms with van der Waals surface area (Å²) in [5, 5.41) is 8.52. The van der Waals surface area contributed by atoms with E-state index in [9.17, 15) is 22.4 Å². The summed E-state index contributed by atoms with van der Waals surface area (Å²) in [5.41, 5.74) is -1.25. The average molecular weight is 251 g/mol. The summed E-state index contributed by atoms with van der Waals surface area (Å²) < 4.78 is 50.8. The Morgan fingerprint density at radius 2 is 1.94 bits per heavy atom. The summed E-state index contributed by atoms with van der Waals surface area (Å²) >= 11 is 0. The number of hydrogen-bond acceptors (Lipinski definition) is 2. The lowest BCUT2D eigenvalue weighted by Gasteiger charge is -2.19. The molecule has 0 amide bonds. The van der Waals surface area contributed by atoms with Gasteiger partial charge in [0.2, 0.25) is 0 Å². The second-order valence-corrected chi connectivity index (χ2v) is 3.34. The maximum atomic E-state index is 13.4. The van der Waals surface area contributed by atoms with Gasteiger partial charge < -0.3 is 10.0 Å². The van der Waals surface area contributed by atoms with E-state index in [0.717, 1.165) is 24.1 Å². The Morgan fingerprint density at radius 3 is 2.41 bits per heavy atom. The number of alkyl halides is 2. The zero-order valence-electron chi connectivity index (χ0n) is 8.75. The lowest BCUT2D eigenvalue weighted by atomic mass is 10.1. The molecule has 0 spiro atoms. The predicted octanol–water partition coefficient (Wildman–Crippen LogP) is 2.36. The van der Waals surface area contributed by atoms with Crippen LogP contribution in [-0.4, -0.2) is 31.1 Å². The second-order valence-electron chi connectivity index (χ2n) is 3.34. The fourth-order valence-electron chi connectivity index (χ4n) is 1.30. The number of halogens is 4. The van der Waals surface area contributed by atoms with Gasteiger partial charge in [-0.2, -0.15) is 0 Å². The third kappa shape index (κ3) is 2.86. The first-order valence-electron chi connectivity index (χ1n) is 4.55. The van der Waals surface area contributed by atoms with Crippen LogP contribution in [0.25, 0.3) is 0 Å². The first-order valence-corrected chi connectivity index (χ1v) is 4.55. The third-order valence-corrected chi connectivity index (χ3v) is 2.12. The third-order valence-electron chi connectivity index (χ3n) is 2.12. The van der Waals surface area contributed by atoms with Crippen LogP contribution >= 0.6 is 0 Å². The zero-order valence-corrected chi connectivity index (χ0v) is 8.75. The van der Waals surface area contributed by atoms with Gasteiger partial charge in [-0.3, -0.25) is 0 Å². The van der Waals surface area contributed by atoms with Crippen molar-refractivity contribution >= 4 is 11.7 Å². The quantitative estimate of drug-likeness (QED) is 0.835. The van der Waals surface area contributed by atoms with Gasteiger partial charge in [0.05, 0.1) is 17.8 Å². The molecule has 1 aromatic rings. The van der Waals surface area contributed by atoms with Crippen LogP contribution in [0, 0.1) is 11.6 Å². The van der Waals surface area contributed by atoms with Gasteiger partial charge in [-0.05, 0) is 12.1 Å². The maximum absolute atomic E-state index is 13.4. The lowest BCUT2D eigenvalue weighted by Crippen LogP contribution is -2.25. The number of anilines is 1. The Morgan fingerprint density at radius 1 is 1.35 bits per heavy atom. The molecule has 17 heavy (non-hydrogen) atoms. The highest BCUT2D eigenvalue weighted by atomic mass is 19.3. The highest BCUT2D eigenvalue weighted by Crippen LogP contribution is 2.23. The molecule has 1 aromatic carbocycles. The van der Waals surface area contributed by atoms with Crippen molar-refractivity contribution in [2.45, 2.75) is 6.43 Å². The van der Waals surface area contributed by atoms with E-state index >= 15 is 0 Å². The van der Waals surface area contributed by atoms with Crippen molar-refractivity contribution in [2.24, 2.45) is 0 Å². The number of carbonyl (C=O) groups is 1. The first-order chi connectivity index (χ1) is 7.84. The standard InChI is InChI=1S/C10H9F4NO2/c1-15(4-7(11)12)6-3-2-5(10(16)17)8(13)9(6)14/h2-3,7H,4H2,1H3,(H,16,17). The Labute approximate surface area is 94.3 Å². The number of carboxylic acid groups (broad SMARTS) is 1. The van der Waals surface area contributed by atoms with Crippen molar-refractivity contribution in [3.05, 3.63) is 29.3 Å². The number of carboxylic acids is 1. The Balaban J connectivity index is 3.12. The van der Waals surface area contributed by atoms with Gasteiger partial charge in [-0.25, -0.2) is 22.4 Å². The van der Waals surface area contributed by atoms with Crippen LogP contribution in [0.2, 0.25) is 0 Å². The SMILES string of the molecule is CN(CC(F)F)c1ccc(C(=O)O)c(F)c1F. The molecule has 0 aliphatic carbocycles. The fourth-order valence-corrected chi connectivity index (χ4v) is 1.30. The first kappa shape index (κ1) is 13.3.